The van der Waals surface area contributed by atoms with E-state index < -0.39 is 24.4 Å². The summed E-state index contributed by atoms with van der Waals surface area (Å²) >= 11 is 0. The van der Waals surface area contributed by atoms with Gasteiger partial charge in [-0.3, -0.25) is 9.59 Å². The van der Waals surface area contributed by atoms with Gasteiger partial charge < -0.3 is 20.0 Å². The van der Waals surface area contributed by atoms with Gasteiger partial charge >= 0.3 is 11.8 Å². The summed E-state index contributed by atoms with van der Waals surface area (Å²) in [5.41, 5.74) is 3.86. The number of benzene rings is 2. The van der Waals surface area contributed by atoms with Crippen LogP contribution >= 0.6 is 0 Å². The molecular formula is C18H16N3O5-. The van der Waals surface area contributed by atoms with Gasteiger partial charge in [-0.15, -0.1) is 0 Å². The summed E-state index contributed by atoms with van der Waals surface area (Å²) in [6, 6.07) is 13.5. The van der Waals surface area contributed by atoms with Crippen LogP contribution in [-0.4, -0.2) is 30.6 Å². The molecule has 0 aromatic heterocycles. The number of rotatable bonds is 6. The zero-order chi connectivity index (χ0) is 18.9. The van der Waals surface area contributed by atoms with Gasteiger partial charge in [0.2, 0.25) is 0 Å². The van der Waals surface area contributed by atoms with Gasteiger partial charge in [0.05, 0.1) is 12.2 Å². The first-order valence-electron chi connectivity index (χ1n) is 7.59. The highest BCUT2D eigenvalue weighted by Crippen LogP contribution is 2.15. The van der Waals surface area contributed by atoms with Gasteiger partial charge in [-0.05, 0) is 30.7 Å². The molecule has 134 valence electrons. The minimum atomic E-state index is -1.36. The molecule has 2 aromatic carbocycles. The molecule has 0 aliphatic rings. The lowest BCUT2D eigenvalue weighted by Crippen LogP contribution is -2.32. The average molecular weight is 354 g/mol. The summed E-state index contributed by atoms with van der Waals surface area (Å²) in [6.07, 6.45) is 1.24. The predicted molar refractivity (Wildman–Crippen MR) is 92.5 cm³/mol. The number of aryl methyl sites for hydroxylation is 1. The zero-order valence-electron chi connectivity index (χ0n) is 13.9. The van der Waals surface area contributed by atoms with Gasteiger partial charge in [-0.25, -0.2) is 5.43 Å². The van der Waals surface area contributed by atoms with Crippen LogP contribution < -0.4 is 20.6 Å². The van der Waals surface area contributed by atoms with Gasteiger partial charge in [0.15, 0.2) is 0 Å². The van der Waals surface area contributed by atoms with E-state index >= 15 is 0 Å². The molecule has 0 radical (unpaired) electrons. The Morgan fingerprint density at radius 2 is 1.77 bits per heavy atom. The highest BCUT2D eigenvalue weighted by atomic mass is 16.5. The molecule has 0 atom stereocenters. The second-order valence-corrected chi connectivity index (χ2v) is 5.17. The summed E-state index contributed by atoms with van der Waals surface area (Å²) in [6.45, 7) is 1.19. The number of aliphatic carboxylic acids is 1. The number of hydrogen-bond acceptors (Lipinski definition) is 6. The highest BCUT2D eigenvalue weighted by Gasteiger charge is 2.13. The van der Waals surface area contributed by atoms with E-state index in [0.717, 1.165) is 5.56 Å². The van der Waals surface area contributed by atoms with E-state index in [1.54, 1.807) is 43.3 Å². The molecule has 8 heteroatoms. The summed E-state index contributed by atoms with van der Waals surface area (Å²) in [7, 11) is 0. The van der Waals surface area contributed by atoms with Crippen molar-refractivity contribution in [1.29, 1.82) is 0 Å². The van der Waals surface area contributed by atoms with Gasteiger partial charge in [0.1, 0.15) is 12.4 Å². The van der Waals surface area contributed by atoms with E-state index in [4.69, 9.17) is 4.74 Å². The van der Waals surface area contributed by atoms with Crippen molar-refractivity contribution < 1.29 is 24.2 Å². The van der Waals surface area contributed by atoms with Crippen LogP contribution in [-0.2, 0) is 14.4 Å². The molecule has 26 heavy (non-hydrogen) atoms. The molecule has 0 aliphatic heterocycles. The number of ether oxygens (including phenoxy) is 1. The topological polar surface area (TPSA) is 120 Å². The molecule has 2 aromatic rings. The molecule has 0 fully saturated rings. The smallest absolute Gasteiger partial charge is 0.329 e. The predicted octanol–water partition coefficient (Wildman–Crippen LogP) is 0.213. The van der Waals surface area contributed by atoms with Gasteiger partial charge in [0.25, 0.3) is 0 Å². The quantitative estimate of drug-likeness (QED) is 0.437. The standard InChI is InChI=1S/C18H17N3O5/c1-12-6-2-4-8-14(12)20-17(24)18(25)21-19-10-13-7-3-5-9-15(13)26-11-16(22)23/h2-10H,11H2,1H3,(H,20,24)(H,21,25)(H,22,23)/p-1/b19-10-. The van der Waals surface area contributed by atoms with Gasteiger partial charge in [-0.1, -0.05) is 30.3 Å². The second-order valence-electron chi connectivity index (χ2n) is 5.17. The summed E-state index contributed by atoms with van der Waals surface area (Å²) < 4.78 is 5.05. The van der Waals surface area contributed by atoms with Gasteiger partial charge in [0, 0.05) is 11.3 Å². The lowest BCUT2D eigenvalue weighted by atomic mass is 10.2. The third-order valence-electron chi connectivity index (χ3n) is 3.23. The Kier molecular flexibility index (Phi) is 6.44. The van der Waals surface area contributed by atoms with E-state index in [9.17, 15) is 19.5 Å². The number of para-hydroxylation sites is 2. The molecule has 0 saturated carbocycles. The molecule has 2 N–H and O–H groups in total. The van der Waals surface area contributed by atoms with Crippen molar-refractivity contribution >= 4 is 29.7 Å². The van der Waals surface area contributed by atoms with Crippen LogP contribution in [0.4, 0.5) is 5.69 Å². The van der Waals surface area contributed by atoms with Crippen molar-refractivity contribution in [3.63, 3.8) is 0 Å². The molecule has 8 nitrogen and oxygen atoms in total. The first-order chi connectivity index (χ1) is 12.5. The third-order valence-corrected chi connectivity index (χ3v) is 3.23. The SMILES string of the molecule is Cc1ccccc1NC(=O)C(=O)N/N=C\c1ccccc1OCC(=O)[O-]. The number of anilines is 1. The lowest BCUT2D eigenvalue weighted by molar-refractivity contribution is -0.307. The van der Waals surface area contributed by atoms with Crippen LogP contribution in [0.1, 0.15) is 11.1 Å². The minimum absolute atomic E-state index is 0.249. The third kappa shape index (κ3) is 5.45. The Bertz CT molecular complexity index is 848. The van der Waals surface area contributed by atoms with Crippen molar-refractivity contribution in [1.82, 2.24) is 5.43 Å². The molecule has 0 bridgehead atoms. The Balaban J connectivity index is 1.95. The van der Waals surface area contributed by atoms with E-state index in [1.165, 1.54) is 12.3 Å². The van der Waals surface area contributed by atoms with Crippen LogP contribution in [0.3, 0.4) is 0 Å². The maximum atomic E-state index is 11.9. The molecular weight excluding hydrogens is 338 g/mol. The maximum Gasteiger partial charge on any atom is 0.329 e. The molecule has 2 rings (SSSR count). The number of carbonyl (C=O) groups is 3. The first kappa shape index (κ1) is 18.7. The molecule has 0 saturated heterocycles. The van der Waals surface area contributed by atoms with Crippen LogP contribution in [0.5, 0.6) is 5.75 Å². The number of hydrazone groups is 1. The molecule has 0 unspecified atom stereocenters. The second kappa shape index (κ2) is 8.97. The van der Waals surface area contributed by atoms with Crippen molar-refractivity contribution in [2.75, 3.05) is 11.9 Å². The van der Waals surface area contributed by atoms with Crippen LogP contribution in [0, 0.1) is 6.92 Å². The molecule has 0 aliphatic carbocycles. The Hall–Kier alpha value is -3.68. The number of carboxylic acids is 1. The van der Waals surface area contributed by atoms with E-state index in [2.05, 4.69) is 15.8 Å². The highest BCUT2D eigenvalue weighted by molar-refractivity contribution is 6.39. The van der Waals surface area contributed by atoms with Crippen LogP contribution in [0.2, 0.25) is 0 Å². The minimum Gasteiger partial charge on any atom is -0.546 e. The number of carbonyl (C=O) groups excluding carboxylic acids is 3. The number of hydrogen-bond donors (Lipinski definition) is 2. The zero-order valence-corrected chi connectivity index (χ0v) is 13.9. The number of nitrogens with zero attached hydrogens (tertiary/aromatic N) is 1. The van der Waals surface area contributed by atoms with Crippen LogP contribution in [0.15, 0.2) is 53.6 Å². The maximum absolute atomic E-state index is 11.9. The van der Waals surface area contributed by atoms with Crippen molar-refractivity contribution in [3.8, 4) is 5.75 Å². The Morgan fingerprint density at radius 1 is 1.08 bits per heavy atom. The fourth-order valence-electron chi connectivity index (χ4n) is 1.96. The average Bonchev–Trinajstić information content (AvgIpc) is 2.62. The largest absolute Gasteiger partial charge is 0.546 e. The molecule has 0 heterocycles. The summed E-state index contributed by atoms with van der Waals surface area (Å²) in [4.78, 5) is 34.1. The fourth-order valence-corrected chi connectivity index (χ4v) is 1.96. The van der Waals surface area contributed by atoms with E-state index in [1.807, 2.05) is 6.07 Å². The normalized spacial score (nSPS) is 10.3. The number of nitrogens with one attached hydrogen (secondary N) is 2. The summed E-state index contributed by atoms with van der Waals surface area (Å²) in [5, 5.41) is 16.6. The monoisotopic (exact) mass is 354 g/mol. The Morgan fingerprint density at radius 3 is 2.50 bits per heavy atom. The molecule has 0 spiro atoms. The van der Waals surface area contributed by atoms with Crippen molar-refractivity contribution in [2.24, 2.45) is 5.10 Å². The fraction of sp³-hybridized carbons (Fsp3) is 0.111. The van der Waals surface area contributed by atoms with Crippen molar-refractivity contribution in [3.05, 3.63) is 59.7 Å². The number of amides is 2. The Labute approximate surface area is 149 Å². The van der Waals surface area contributed by atoms with Crippen LogP contribution in [0.25, 0.3) is 0 Å². The number of carboxylic acid groups (broad SMARTS) is 1. The lowest BCUT2D eigenvalue weighted by Gasteiger charge is -2.09. The van der Waals surface area contributed by atoms with Crippen molar-refractivity contribution in [2.45, 2.75) is 6.92 Å². The molecule has 2 amide bonds. The van der Waals surface area contributed by atoms with E-state index in [0.29, 0.717) is 11.3 Å². The van der Waals surface area contributed by atoms with Gasteiger partial charge in [-0.2, -0.15) is 5.10 Å². The first-order valence-corrected chi connectivity index (χ1v) is 7.59. The van der Waals surface area contributed by atoms with E-state index in [-0.39, 0.29) is 5.75 Å². The summed E-state index contributed by atoms with van der Waals surface area (Å²) in [5.74, 6) is -2.92.